The first kappa shape index (κ1) is 41.8. The van der Waals surface area contributed by atoms with Crippen LogP contribution >= 0.6 is 0 Å². The fraction of sp³-hybridized carbons (Fsp3) is 0. The Bertz CT molecular complexity index is 4390. The molecule has 0 bridgehead atoms. The summed E-state index contributed by atoms with van der Waals surface area (Å²) in [7, 11) is 0. The standard InChI is InChI=1S/C70H44N2O2/c1-3-17-47(18-4-1)69-61-37-33-54(72(52-30-28-46-16-8-10-22-50(46)40-52)56-32-36-60-58-24-12-14-26-66(58)74-68(60)44-56)42-64(61)70(48-19-5-2-6-20-48)62-38-34-53(41-63(62)69)71(51-29-27-45-15-7-9-21-49(45)39-51)55-31-35-59-57-23-11-13-25-65(57)73-67(59)43-55/h1-44H. The van der Waals surface area contributed by atoms with Gasteiger partial charge in [-0.05, 0) is 150 Å². The normalized spacial score (nSPS) is 11.8. The van der Waals surface area contributed by atoms with Crippen LogP contribution in [0, 0.1) is 0 Å². The summed E-state index contributed by atoms with van der Waals surface area (Å²) in [5, 5.41) is 13.8. The van der Waals surface area contributed by atoms with Crippen LogP contribution in [0.3, 0.4) is 0 Å². The molecule has 0 saturated heterocycles. The zero-order valence-corrected chi connectivity index (χ0v) is 40.1. The minimum Gasteiger partial charge on any atom is -0.456 e. The van der Waals surface area contributed by atoms with E-state index in [4.69, 9.17) is 8.83 Å². The number of rotatable bonds is 8. The molecule has 2 heterocycles. The minimum atomic E-state index is 0.851. The number of hydrogen-bond acceptors (Lipinski definition) is 4. The summed E-state index contributed by atoms with van der Waals surface area (Å²) >= 11 is 0. The predicted molar refractivity (Wildman–Crippen MR) is 311 cm³/mol. The molecule has 0 aliphatic rings. The van der Waals surface area contributed by atoms with Crippen molar-refractivity contribution in [1.82, 2.24) is 0 Å². The molecule has 0 amide bonds. The van der Waals surface area contributed by atoms with Crippen molar-refractivity contribution in [2.75, 3.05) is 9.80 Å². The third-order valence-electron chi connectivity index (χ3n) is 14.9. The highest BCUT2D eigenvalue weighted by molar-refractivity contribution is 6.23. The zero-order chi connectivity index (χ0) is 48.7. The molecular formula is C70H44N2O2. The molecular weight excluding hydrogens is 901 g/mol. The Labute approximate surface area is 426 Å². The van der Waals surface area contributed by atoms with Crippen molar-refractivity contribution in [3.05, 3.63) is 267 Å². The second-order valence-electron chi connectivity index (χ2n) is 19.2. The molecule has 0 fully saturated rings. The lowest BCUT2D eigenvalue weighted by Gasteiger charge is -2.28. The Hall–Kier alpha value is -9.90. The van der Waals surface area contributed by atoms with Crippen LogP contribution in [-0.2, 0) is 0 Å². The molecule has 4 nitrogen and oxygen atoms in total. The van der Waals surface area contributed by atoms with Crippen LogP contribution in [0.5, 0.6) is 0 Å². The van der Waals surface area contributed by atoms with Crippen LogP contribution in [0.1, 0.15) is 0 Å². The van der Waals surface area contributed by atoms with Gasteiger partial charge in [0.2, 0.25) is 0 Å². The lowest BCUT2D eigenvalue weighted by Crippen LogP contribution is -2.10. The predicted octanol–water partition coefficient (Wildman–Crippen LogP) is 20.4. The Morgan fingerprint density at radius 2 is 0.527 bits per heavy atom. The van der Waals surface area contributed by atoms with E-state index in [1.807, 2.05) is 24.3 Å². The van der Waals surface area contributed by atoms with Gasteiger partial charge in [-0.15, -0.1) is 0 Å². The van der Waals surface area contributed by atoms with Crippen molar-refractivity contribution in [3.63, 3.8) is 0 Å². The maximum Gasteiger partial charge on any atom is 0.137 e. The second-order valence-corrected chi connectivity index (χ2v) is 19.2. The highest BCUT2D eigenvalue weighted by atomic mass is 16.3. The van der Waals surface area contributed by atoms with E-state index in [1.54, 1.807) is 0 Å². The van der Waals surface area contributed by atoms with Crippen LogP contribution in [0.4, 0.5) is 34.1 Å². The SMILES string of the molecule is c1ccc(-c2c3ccc(N(c4ccc5ccccc5c4)c4ccc5c(c4)oc4ccccc45)cc3c(-c3ccccc3)c3ccc(N(c4ccc5ccccc5c4)c4ccc5c(c4)oc4ccccc45)cc23)cc1. The van der Waals surface area contributed by atoms with Crippen LogP contribution in [0.25, 0.3) is 109 Å². The number of benzene rings is 13. The van der Waals surface area contributed by atoms with Crippen molar-refractivity contribution in [1.29, 1.82) is 0 Å². The van der Waals surface area contributed by atoms with E-state index in [9.17, 15) is 0 Å². The van der Waals surface area contributed by atoms with Gasteiger partial charge < -0.3 is 18.6 Å². The molecule has 0 atom stereocenters. The van der Waals surface area contributed by atoms with E-state index in [-0.39, 0.29) is 0 Å². The van der Waals surface area contributed by atoms with Gasteiger partial charge in [-0.3, -0.25) is 0 Å². The summed E-state index contributed by atoms with van der Waals surface area (Å²) in [6, 6.07) is 96.4. The molecule has 0 radical (unpaired) electrons. The Balaban J connectivity index is 0.994. The number of anilines is 6. The summed E-state index contributed by atoms with van der Waals surface area (Å²) in [6.07, 6.45) is 0. The summed E-state index contributed by atoms with van der Waals surface area (Å²) in [6.45, 7) is 0. The van der Waals surface area contributed by atoms with Crippen molar-refractivity contribution in [3.8, 4) is 22.3 Å². The molecule has 15 aromatic rings. The third-order valence-corrected chi connectivity index (χ3v) is 14.9. The molecule has 0 aliphatic heterocycles. The third kappa shape index (κ3) is 6.84. The van der Waals surface area contributed by atoms with Crippen molar-refractivity contribution >= 4 is 121 Å². The molecule has 13 aromatic carbocycles. The fourth-order valence-electron chi connectivity index (χ4n) is 11.5. The smallest absolute Gasteiger partial charge is 0.137 e. The molecule has 0 saturated carbocycles. The zero-order valence-electron chi connectivity index (χ0n) is 40.1. The van der Waals surface area contributed by atoms with Gasteiger partial charge in [0.1, 0.15) is 22.3 Å². The van der Waals surface area contributed by atoms with Gasteiger partial charge in [-0.25, -0.2) is 0 Å². The largest absolute Gasteiger partial charge is 0.456 e. The Morgan fingerprint density at radius 1 is 0.203 bits per heavy atom. The molecule has 346 valence electrons. The minimum absolute atomic E-state index is 0.851. The first-order valence-corrected chi connectivity index (χ1v) is 25.2. The molecule has 15 rings (SSSR count). The van der Waals surface area contributed by atoms with E-state index >= 15 is 0 Å². The molecule has 74 heavy (non-hydrogen) atoms. The van der Waals surface area contributed by atoms with Crippen molar-refractivity contribution < 1.29 is 8.83 Å². The van der Waals surface area contributed by atoms with Crippen LogP contribution < -0.4 is 9.80 Å². The lowest BCUT2D eigenvalue weighted by molar-refractivity contribution is 0.668. The number of nitrogens with zero attached hydrogens (tertiary/aromatic N) is 2. The first-order valence-electron chi connectivity index (χ1n) is 25.2. The summed E-state index contributed by atoms with van der Waals surface area (Å²) in [5.41, 5.74) is 14.3. The molecule has 0 N–H and O–H groups in total. The number of furan rings is 2. The van der Waals surface area contributed by atoms with Crippen LogP contribution in [-0.4, -0.2) is 0 Å². The average molecular weight is 945 g/mol. The summed E-state index contributed by atoms with van der Waals surface area (Å²) < 4.78 is 13.1. The van der Waals surface area contributed by atoms with Crippen LogP contribution in [0.15, 0.2) is 276 Å². The highest BCUT2D eigenvalue weighted by Gasteiger charge is 2.24. The van der Waals surface area contributed by atoms with E-state index in [1.165, 1.54) is 32.7 Å². The highest BCUT2D eigenvalue weighted by Crippen LogP contribution is 2.49. The lowest BCUT2D eigenvalue weighted by atomic mass is 9.85. The van der Waals surface area contributed by atoms with Gasteiger partial charge >= 0.3 is 0 Å². The molecule has 0 spiro atoms. The summed E-state index contributed by atoms with van der Waals surface area (Å²) in [4.78, 5) is 4.76. The van der Waals surface area contributed by atoms with Gasteiger partial charge in [0.05, 0.1) is 0 Å². The first-order chi connectivity index (χ1) is 36.7. The van der Waals surface area contributed by atoms with Gasteiger partial charge in [0, 0.05) is 67.8 Å². The Morgan fingerprint density at radius 3 is 0.973 bits per heavy atom. The van der Waals surface area contributed by atoms with Crippen molar-refractivity contribution in [2.24, 2.45) is 0 Å². The van der Waals surface area contributed by atoms with Gasteiger partial charge in [0.15, 0.2) is 0 Å². The average Bonchev–Trinajstić information content (AvgIpc) is 4.04. The molecule has 0 unspecified atom stereocenters. The number of fused-ring (bicyclic) bond motifs is 10. The van der Waals surface area contributed by atoms with E-state index in [0.717, 1.165) is 111 Å². The monoisotopic (exact) mass is 944 g/mol. The Kier molecular flexibility index (Phi) is 9.54. The summed E-state index contributed by atoms with van der Waals surface area (Å²) in [5.74, 6) is 0. The topological polar surface area (TPSA) is 32.8 Å². The molecule has 0 aliphatic carbocycles. The quantitative estimate of drug-likeness (QED) is 0.142. The maximum absolute atomic E-state index is 6.54. The number of hydrogen-bond donors (Lipinski definition) is 0. The maximum atomic E-state index is 6.54. The van der Waals surface area contributed by atoms with Crippen LogP contribution in [0.2, 0.25) is 0 Å². The van der Waals surface area contributed by atoms with Gasteiger partial charge in [0.25, 0.3) is 0 Å². The van der Waals surface area contributed by atoms with E-state index < -0.39 is 0 Å². The second kappa shape index (κ2) is 16.9. The van der Waals surface area contributed by atoms with E-state index in [0.29, 0.717) is 0 Å². The van der Waals surface area contributed by atoms with E-state index in [2.05, 4.69) is 252 Å². The fourth-order valence-corrected chi connectivity index (χ4v) is 11.5. The van der Waals surface area contributed by atoms with Gasteiger partial charge in [-0.1, -0.05) is 170 Å². The van der Waals surface area contributed by atoms with Crippen molar-refractivity contribution in [2.45, 2.75) is 0 Å². The number of para-hydroxylation sites is 2. The molecule has 2 aromatic heterocycles. The van der Waals surface area contributed by atoms with Gasteiger partial charge in [-0.2, -0.15) is 0 Å². The molecule has 4 heteroatoms.